The van der Waals surface area contributed by atoms with Gasteiger partial charge in [-0.05, 0) is 89.7 Å². The Morgan fingerprint density at radius 1 is 0.868 bits per heavy atom. The maximum Gasteiger partial charge on any atom is 0.286 e. The highest BCUT2D eigenvalue weighted by Gasteiger charge is 2.32. The van der Waals surface area contributed by atoms with Crippen molar-refractivity contribution in [1.82, 2.24) is 5.32 Å². The van der Waals surface area contributed by atoms with E-state index in [1.54, 1.807) is 0 Å². The van der Waals surface area contributed by atoms with Crippen molar-refractivity contribution in [3.8, 4) is 23.0 Å². The van der Waals surface area contributed by atoms with E-state index in [0.29, 0.717) is 24.9 Å². The van der Waals surface area contributed by atoms with Crippen molar-refractivity contribution in [3.63, 3.8) is 0 Å². The number of imide groups is 1. The number of amides is 2. The van der Waals surface area contributed by atoms with Gasteiger partial charge in [0.2, 0.25) is 5.91 Å². The summed E-state index contributed by atoms with van der Waals surface area (Å²) >= 11 is 0.997. The molecule has 1 aliphatic heterocycles. The van der Waals surface area contributed by atoms with Gasteiger partial charge in [0.25, 0.3) is 5.24 Å². The largest absolute Gasteiger partial charge is 0.493 e. The fraction of sp³-hybridized carbons (Fsp3) is 0.355. The molecular formula is C31H35NO5S. The van der Waals surface area contributed by atoms with E-state index in [9.17, 15) is 9.59 Å². The fourth-order valence-electron chi connectivity index (χ4n) is 4.26. The first-order chi connectivity index (χ1) is 18.4. The fourth-order valence-corrected chi connectivity index (χ4v) is 5.09. The van der Waals surface area contributed by atoms with Gasteiger partial charge in [0.05, 0.1) is 13.2 Å². The molecule has 1 heterocycles. The van der Waals surface area contributed by atoms with Gasteiger partial charge in [-0.1, -0.05) is 51.5 Å². The molecule has 0 saturated carbocycles. The van der Waals surface area contributed by atoms with Crippen molar-refractivity contribution >= 4 is 22.9 Å². The molecule has 0 radical (unpaired) electrons. The number of thioether (sulfide) groups is 1. The molecule has 7 heteroatoms. The molecule has 1 N–H and O–H groups in total. The predicted molar refractivity (Wildman–Crippen MR) is 151 cm³/mol. The number of carbonyl (C=O) groups is 2. The summed E-state index contributed by atoms with van der Waals surface area (Å²) in [5.41, 5.74) is 3.23. The minimum Gasteiger partial charge on any atom is -0.493 e. The van der Waals surface area contributed by atoms with Crippen LogP contribution in [0.5, 0.6) is 23.0 Å². The summed E-state index contributed by atoms with van der Waals surface area (Å²) in [6.45, 7) is 7.64. The third-order valence-electron chi connectivity index (χ3n) is 6.04. The van der Waals surface area contributed by atoms with Crippen molar-refractivity contribution in [1.29, 1.82) is 0 Å². The number of nitrogens with one attached hydrogen (secondary N) is 1. The highest BCUT2D eigenvalue weighted by molar-refractivity contribution is 8.15. The van der Waals surface area contributed by atoms with Crippen LogP contribution in [-0.2, 0) is 17.6 Å². The van der Waals surface area contributed by atoms with Crippen LogP contribution in [0.15, 0.2) is 66.7 Å². The number of rotatable bonds is 13. The van der Waals surface area contributed by atoms with Gasteiger partial charge in [-0.15, -0.1) is 0 Å². The molecule has 200 valence electrons. The zero-order valence-corrected chi connectivity index (χ0v) is 23.0. The van der Waals surface area contributed by atoms with Crippen molar-refractivity contribution in [2.75, 3.05) is 13.2 Å². The topological polar surface area (TPSA) is 73.9 Å². The van der Waals surface area contributed by atoms with Gasteiger partial charge >= 0.3 is 0 Å². The van der Waals surface area contributed by atoms with Crippen molar-refractivity contribution in [3.05, 3.63) is 83.4 Å². The van der Waals surface area contributed by atoms with Crippen molar-refractivity contribution < 1.29 is 23.8 Å². The van der Waals surface area contributed by atoms with Gasteiger partial charge in [-0.2, -0.15) is 0 Å². The molecule has 1 atom stereocenters. The van der Waals surface area contributed by atoms with Crippen LogP contribution < -0.4 is 19.5 Å². The maximum absolute atomic E-state index is 11.8. The van der Waals surface area contributed by atoms with Gasteiger partial charge in [0, 0.05) is 6.42 Å². The number of hydrogen-bond acceptors (Lipinski definition) is 6. The number of ether oxygens (including phenoxy) is 3. The molecule has 38 heavy (non-hydrogen) atoms. The first-order valence-corrected chi connectivity index (χ1v) is 14.1. The first kappa shape index (κ1) is 27.6. The number of aryl methyl sites for hydroxylation is 1. The van der Waals surface area contributed by atoms with Crippen LogP contribution in [-0.4, -0.2) is 24.4 Å². The summed E-state index contributed by atoms with van der Waals surface area (Å²) < 4.78 is 18.0. The molecule has 6 nitrogen and oxygen atoms in total. The Hall–Kier alpha value is -3.45. The second-order valence-corrected chi connectivity index (χ2v) is 10.8. The Kier molecular flexibility index (Phi) is 9.71. The van der Waals surface area contributed by atoms with Crippen LogP contribution in [0.4, 0.5) is 4.79 Å². The lowest BCUT2D eigenvalue weighted by molar-refractivity contribution is -0.119. The zero-order valence-electron chi connectivity index (χ0n) is 22.2. The average Bonchev–Trinajstić information content (AvgIpc) is 3.24. The van der Waals surface area contributed by atoms with Crippen LogP contribution in [0.25, 0.3) is 0 Å². The summed E-state index contributed by atoms with van der Waals surface area (Å²) in [5, 5.41) is 1.51. The van der Waals surface area contributed by atoms with Crippen LogP contribution in [0.3, 0.4) is 0 Å². The van der Waals surface area contributed by atoms with Gasteiger partial charge in [-0.3, -0.25) is 14.9 Å². The van der Waals surface area contributed by atoms with E-state index >= 15 is 0 Å². The number of hydrogen-bond donors (Lipinski definition) is 1. The van der Waals surface area contributed by atoms with E-state index in [1.807, 2.05) is 48.5 Å². The number of benzene rings is 3. The average molecular weight is 534 g/mol. The molecule has 1 aliphatic rings. The maximum atomic E-state index is 11.8. The van der Waals surface area contributed by atoms with E-state index in [2.05, 4.69) is 44.3 Å². The van der Waals surface area contributed by atoms with E-state index in [-0.39, 0.29) is 11.1 Å². The van der Waals surface area contributed by atoms with Crippen LogP contribution in [0, 0.1) is 5.92 Å². The standard InChI is InChI=1S/C31H35NO5S/c1-4-6-24-20-27(15-16-28(24)37-26-11-7-22(8-12-26)19-21(2)3)36-18-5-17-35-25-13-9-23(10-14-25)29-30(33)32-31(34)38-29/h7-16,20-21,29H,4-6,17-19H2,1-3H3,(H,32,33,34). The molecule has 0 aromatic heterocycles. The first-order valence-electron chi connectivity index (χ1n) is 13.2. The summed E-state index contributed by atoms with van der Waals surface area (Å²) in [6, 6.07) is 21.6. The summed E-state index contributed by atoms with van der Waals surface area (Å²) in [5.74, 6) is 3.59. The van der Waals surface area contributed by atoms with Gasteiger partial charge in [-0.25, -0.2) is 0 Å². The van der Waals surface area contributed by atoms with Crippen LogP contribution >= 0.6 is 11.8 Å². The summed E-state index contributed by atoms with van der Waals surface area (Å²) in [4.78, 5) is 23.2. The van der Waals surface area contributed by atoms with E-state index < -0.39 is 5.25 Å². The summed E-state index contributed by atoms with van der Waals surface area (Å²) in [6.07, 6.45) is 3.71. The van der Waals surface area contributed by atoms with Crippen LogP contribution in [0.1, 0.15) is 55.6 Å². The minimum atomic E-state index is -0.491. The Balaban J connectivity index is 1.24. The van der Waals surface area contributed by atoms with E-state index in [1.165, 1.54) is 5.56 Å². The van der Waals surface area contributed by atoms with E-state index in [4.69, 9.17) is 14.2 Å². The smallest absolute Gasteiger partial charge is 0.286 e. The van der Waals surface area contributed by atoms with Gasteiger partial charge in [0.1, 0.15) is 28.2 Å². The molecule has 2 amide bonds. The molecule has 0 bridgehead atoms. The zero-order chi connectivity index (χ0) is 26.9. The lowest BCUT2D eigenvalue weighted by Gasteiger charge is -2.14. The third kappa shape index (κ3) is 7.78. The lowest BCUT2D eigenvalue weighted by atomic mass is 10.0. The Labute approximate surface area is 229 Å². The Morgan fingerprint density at radius 2 is 1.53 bits per heavy atom. The molecule has 4 rings (SSSR count). The molecule has 0 spiro atoms. The molecule has 3 aromatic rings. The molecule has 1 fully saturated rings. The highest BCUT2D eigenvalue weighted by atomic mass is 32.2. The monoisotopic (exact) mass is 533 g/mol. The van der Waals surface area contributed by atoms with Crippen molar-refractivity contribution in [2.24, 2.45) is 5.92 Å². The van der Waals surface area contributed by atoms with E-state index in [0.717, 1.165) is 65.8 Å². The second kappa shape index (κ2) is 13.4. The lowest BCUT2D eigenvalue weighted by Crippen LogP contribution is -2.20. The van der Waals surface area contributed by atoms with Gasteiger partial charge in [0.15, 0.2) is 0 Å². The molecule has 0 aliphatic carbocycles. The highest BCUT2D eigenvalue weighted by Crippen LogP contribution is 2.35. The second-order valence-electron chi connectivity index (χ2n) is 9.76. The Morgan fingerprint density at radius 3 is 2.16 bits per heavy atom. The van der Waals surface area contributed by atoms with Gasteiger partial charge < -0.3 is 14.2 Å². The summed E-state index contributed by atoms with van der Waals surface area (Å²) in [7, 11) is 0. The number of carbonyl (C=O) groups excluding carboxylic acids is 2. The molecule has 1 unspecified atom stereocenters. The van der Waals surface area contributed by atoms with Crippen LogP contribution in [0.2, 0.25) is 0 Å². The third-order valence-corrected chi connectivity index (χ3v) is 7.08. The predicted octanol–water partition coefficient (Wildman–Crippen LogP) is 7.50. The normalized spacial score (nSPS) is 15.0. The molecular weight excluding hydrogens is 498 g/mol. The Bertz CT molecular complexity index is 1220. The van der Waals surface area contributed by atoms with Crippen molar-refractivity contribution in [2.45, 2.75) is 51.7 Å². The molecule has 3 aromatic carbocycles. The quantitative estimate of drug-likeness (QED) is 0.229. The molecule has 1 saturated heterocycles. The SMILES string of the molecule is CCCc1cc(OCCCOc2ccc(C3SC(=O)NC3=O)cc2)ccc1Oc1ccc(CC(C)C)cc1. The minimum absolute atomic E-state index is 0.275.